The smallest absolute Gasteiger partial charge is 0.255 e. The predicted molar refractivity (Wildman–Crippen MR) is 103 cm³/mol. The number of para-hydroxylation sites is 3. The standard InChI is InChI=1S/C21H20N2O4/c1-22-17-8-4-3-7-15(17)16(11-20(22)24)21(25)23-12-14(13-23)27-19-10-6-5-9-18(19)26-2/h3-11,14H,12-13H2,1-2H3. The van der Waals surface area contributed by atoms with E-state index in [0.29, 0.717) is 30.2 Å². The number of ether oxygens (including phenoxy) is 2. The first-order valence-electron chi connectivity index (χ1n) is 8.76. The normalized spacial score (nSPS) is 14.1. The Morgan fingerprint density at radius 3 is 2.44 bits per heavy atom. The second-order valence-electron chi connectivity index (χ2n) is 6.57. The van der Waals surface area contributed by atoms with Crippen molar-refractivity contribution in [3.8, 4) is 11.5 Å². The van der Waals surface area contributed by atoms with Gasteiger partial charge in [-0.25, -0.2) is 0 Å². The molecule has 1 amide bonds. The zero-order valence-electron chi connectivity index (χ0n) is 15.2. The molecule has 0 radical (unpaired) electrons. The Hall–Kier alpha value is -3.28. The van der Waals surface area contributed by atoms with Crippen molar-refractivity contribution in [2.24, 2.45) is 7.05 Å². The first kappa shape index (κ1) is 17.1. The zero-order valence-corrected chi connectivity index (χ0v) is 15.2. The van der Waals surface area contributed by atoms with Crippen molar-refractivity contribution in [2.45, 2.75) is 6.10 Å². The Morgan fingerprint density at radius 2 is 1.70 bits per heavy atom. The summed E-state index contributed by atoms with van der Waals surface area (Å²) in [5, 5.41) is 0.777. The molecule has 0 atom stereocenters. The van der Waals surface area contributed by atoms with Crippen molar-refractivity contribution in [2.75, 3.05) is 20.2 Å². The van der Waals surface area contributed by atoms with Crippen molar-refractivity contribution in [3.63, 3.8) is 0 Å². The number of carbonyl (C=O) groups excluding carboxylic acids is 1. The fraction of sp³-hybridized carbons (Fsp3) is 0.238. The molecule has 0 N–H and O–H groups in total. The molecular weight excluding hydrogens is 344 g/mol. The summed E-state index contributed by atoms with van der Waals surface area (Å²) in [6, 6.07) is 16.3. The average Bonchev–Trinajstić information content (AvgIpc) is 2.67. The summed E-state index contributed by atoms with van der Waals surface area (Å²) in [7, 11) is 3.31. The number of rotatable bonds is 4. The fourth-order valence-corrected chi connectivity index (χ4v) is 3.33. The van der Waals surface area contributed by atoms with Crippen molar-refractivity contribution in [3.05, 3.63) is 70.5 Å². The maximum Gasteiger partial charge on any atom is 0.255 e. The first-order valence-corrected chi connectivity index (χ1v) is 8.76. The summed E-state index contributed by atoms with van der Waals surface area (Å²) in [6.45, 7) is 0.945. The van der Waals surface area contributed by atoms with Crippen LogP contribution in [0.25, 0.3) is 10.9 Å². The highest BCUT2D eigenvalue weighted by Gasteiger charge is 2.34. The summed E-state index contributed by atoms with van der Waals surface area (Å²) in [5.41, 5.74) is 0.986. The third kappa shape index (κ3) is 3.03. The number of hydrogen-bond donors (Lipinski definition) is 0. The first-order chi connectivity index (χ1) is 13.1. The zero-order chi connectivity index (χ0) is 19.0. The van der Waals surface area contributed by atoms with E-state index in [1.165, 1.54) is 6.07 Å². The van der Waals surface area contributed by atoms with Gasteiger partial charge < -0.3 is 18.9 Å². The number of likely N-dealkylation sites (tertiary alicyclic amines) is 1. The third-order valence-corrected chi connectivity index (χ3v) is 4.88. The highest BCUT2D eigenvalue weighted by molar-refractivity contribution is 6.06. The Kier molecular flexibility index (Phi) is 4.32. The van der Waals surface area contributed by atoms with Crippen LogP contribution in [-0.2, 0) is 7.05 Å². The molecule has 0 saturated carbocycles. The van der Waals surface area contributed by atoms with Crippen LogP contribution in [0.3, 0.4) is 0 Å². The van der Waals surface area contributed by atoms with Crippen LogP contribution in [0.4, 0.5) is 0 Å². The molecule has 1 fully saturated rings. The molecule has 1 aromatic heterocycles. The third-order valence-electron chi connectivity index (χ3n) is 4.88. The minimum absolute atomic E-state index is 0.0944. The summed E-state index contributed by atoms with van der Waals surface area (Å²) in [4.78, 5) is 26.8. The second kappa shape index (κ2) is 6.79. The molecule has 2 aromatic carbocycles. The Balaban J connectivity index is 1.52. The number of fused-ring (bicyclic) bond motifs is 1. The van der Waals surface area contributed by atoms with Gasteiger partial charge in [-0.1, -0.05) is 30.3 Å². The van der Waals surface area contributed by atoms with Crippen LogP contribution in [0.1, 0.15) is 10.4 Å². The van der Waals surface area contributed by atoms with Gasteiger partial charge in [0.1, 0.15) is 6.10 Å². The summed E-state index contributed by atoms with van der Waals surface area (Å²) >= 11 is 0. The van der Waals surface area contributed by atoms with Gasteiger partial charge in [-0.2, -0.15) is 0 Å². The van der Waals surface area contributed by atoms with Crippen molar-refractivity contribution < 1.29 is 14.3 Å². The van der Waals surface area contributed by atoms with Crippen molar-refractivity contribution >= 4 is 16.8 Å². The highest BCUT2D eigenvalue weighted by Crippen LogP contribution is 2.29. The minimum atomic E-state index is -0.195. The molecular formula is C21H20N2O4. The topological polar surface area (TPSA) is 60.8 Å². The van der Waals surface area contributed by atoms with Crippen LogP contribution in [-0.4, -0.2) is 41.7 Å². The molecule has 1 aliphatic heterocycles. The van der Waals surface area contributed by atoms with Gasteiger partial charge in [0.25, 0.3) is 11.5 Å². The van der Waals surface area contributed by atoms with Crippen LogP contribution in [0.5, 0.6) is 11.5 Å². The quantitative estimate of drug-likeness (QED) is 0.714. The Morgan fingerprint density at radius 1 is 1.04 bits per heavy atom. The van der Waals surface area contributed by atoms with Gasteiger partial charge in [0, 0.05) is 18.5 Å². The maximum atomic E-state index is 12.9. The van der Waals surface area contributed by atoms with Gasteiger partial charge in [0.2, 0.25) is 0 Å². The number of amides is 1. The highest BCUT2D eigenvalue weighted by atomic mass is 16.5. The monoisotopic (exact) mass is 364 g/mol. The molecule has 2 heterocycles. The molecule has 0 bridgehead atoms. The van der Waals surface area contributed by atoms with Gasteiger partial charge in [-0.05, 0) is 18.2 Å². The Bertz CT molecular complexity index is 1070. The molecule has 1 saturated heterocycles. The van der Waals surface area contributed by atoms with E-state index in [0.717, 1.165) is 10.9 Å². The number of methoxy groups -OCH3 is 1. The minimum Gasteiger partial charge on any atom is -0.493 e. The number of carbonyl (C=O) groups is 1. The molecule has 3 aromatic rings. The van der Waals surface area contributed by atoms with E-state index in [9.17, 15) is 9.59 Å². The lowest BCUT2D eigenvalue weighted by molar-refractivity contribution is 0.0170. The Labute approximate surface area is 156 Å². The molecule has 0 spiro atoms. The lowest BCUT2D eigenvalue weighted by Gasteiger charge is -2.39. The number of pyridine rings is 1. The van der Waals surface area contributed by atoms with E-state index in [1.807, 2.05) is 48.5 Å². The van der Waals surface area contributed by atoms with E-state index in [-0.39, 0.29) is 17.6 Å². The second-order valence-corrected chi connectivity index (χ2v) is 6.57. The number of nitrogens with zero attached hydrogens (tertiary/aromatic N) is 2. The molecule has 0 unspecified atom stereocenters. The largest absolute Gasteiger partial charge is 0.493 e. The summed E-state index contributed by atoms with van der Waals surface area (Å²) in [5.74, 6) is 1.18. The van der Waals surface area contributed by atoms with Crippen molar-refractivity contribution in [1.82, 2.24) is 9.47 Å². The van der Waals surface area contributed by atoms with Crippen LogP contribution >= 0.6 is 0 Å². The molecule has 4 rings (SSSR count). The molecule has 27 heavy (non-hydrogen) atoms. The molecule has 138 valence electrons. The van der Waals surface area contributed by atoms with E-state index in [2.05, 4.69) is 0 Å². The number of hydrogen-bond acceptors (Lipinski definition) is 4. The van der Waals surface area contributed by atoms with Crippen molar-refractivity contribution in [1.29, 1.82) is 0 Å². The molecule has 6 nitrogen and oxygen atoms in total. The predicted octanol–water partition coefficient (Wildman–Crippen LogP) is 2.45. The van der Waals surface area contributed by atoms with E-state index in [4.69, 9.17) is 9.47 Å². The van der Waals surface area contributed by atoms with Gasteiger partial charge in [0.05, 0.1) is 31.3 Å². The fourth-order valence-electron chi connectivity index (χ4n) is 3.33. The lowest BCUT2D eigenvalue weighted by Crippen LogP contribution is -2.56. The number of benzene rings is 2. The van der Waals surface area contributed by atoms with Crippen LogP contribution in [0.15, 0.2) is 59.4 Å². The summed E-state index contributed by atoms with van der Waals surface area (Å²) < 4.78 is 12.8. The summed E-state index contributed by atoms with van der Waals surface area (Å²) in [6.07, 6.45) is -0.0944. The molecule has 1 aliphatic rings. The lowest BCUT2D eigenvalue weighted by atomic mass is 10.0. The van der Waals surface area contributed by atoms with E-state index in [1.54, 1.807) is 23.6 Å². The van der Waals surface area contributed by atoms with E-state index < -0.39 is 0 Å². The van der Waals surface area contributed by atoms with Gasteiger partial charge >= 0.3 is 0 Å². The van der Waals surface area contributed by atoms with E-state index >= 15 is 0 Å². The van der Waals surface area contributed by atoms with Crippen LogP contribution < -0.4 is 15.0 Å². The van der Waals surface area contributed by atoms with Gasteiger partial charge in [-0.15, -0.1) is 0 Å². The average molecular weight is 364 g/mol. The van der Waals surface area contributed by atoms with Gasteiger partial charge in [-0.3, -0.25) is 9.59 Å². The van der Waals surface area contributed by atoms with Gasteiger partial charge in [0.15, 0.2) is 11.5 Å². The SMILES string of the molecule is COc1ccccc1OC1CN(C(=O)c2cc(=O)n(C)c3ccccc23)C1. The number of aryl methyl sites for hydroxylation is 1. The maximum absolute atomic E-state index is 12.9. The molecule has 0 aliphatic carbocycles. The van der Waals surface area contributed by atoms with Crippen LogP contribution in [0.2, 0.25) is 0 Å². The number of aromatic nitrogens is 1. The van der Waals surface area contributed by atoms with Crippen LogP contribution in [0, 0.1) is 0 Å². The molecule has 6 heteroatoms.